The van der Waals surface area contributed by atoms with Gasteiger partial charge in [0.2, 0.25) is 0 Å². The van der Waals surface area contributed by atoms with E-state index < -0.39 is 17.5 Å². The molecule has 0 N–H and O–H groups in total. The number of unbranched alkanes of at least 4 members (excludes halogenated alkanes) is 1. The minimum absolute atomic E-state index is 0.0120. The number of ether oxygens (including phenoxy) is 1. The predicted octanol–water partition coefficient (Wildman–Crippen LogP) is 5.73. The van der Waals surface area contributed by atoms with Crippen molar-refractivity contribution in [3.05, 3.63) is 34.6 Å². The van der Waals surface area contributed by atoms with Crippen molar-refractivity contribution in [1.29, 1.82) is 0 Å². The molecule has 0 aliphatic heterocycles. The fraction of sp³-hybridized carbons (Fsp3) is 0.579. The molecule has 1 aromatic rings. The molecule has 6 heteroatoms. The topological polar surface area (TPSA) is 46.6 Å². The smallest absolute Gasteiger partial charge is 0.410 e. The van der Waals surface area contributed by atoms with E-state index in [9.17, 15) is 14.0 Å². The molecule has 0 aliphatic carbocycles. The van der Waals surface area contributed by atoms with E-state index in [1.807, 2.05) is 13.8 Å². The van der Waals surface area contributed by atoms with Crippen molar-refractivity contribution >= 4 is 23.5 Å². The van der Waals surface area contributed by atoms with Gasteiger partial charge in [0.1, 0.15) is 5.60 Å². The van der Waals surface area contributed by atoms with Gasteiger partial charge in [0.25, 0.3) is 0 Å². The van der Waals surface area contributed by atoms with Gasteiger partial charge in [0.05, 0.1) is 10.6 Å². The molecule has 0 radical (unpaired) electrons. The molecular formula is C19H29ClFNO3. The first-order valence-corrected chi connectivity index (χ1v) is 8.91. The SMILES string of the molecule is CC.CN(CCCCC(=O)c1cccc(Cl)c1F)C(=O)OC(C)(C)C. The van der Waals surface area contributed by atoms with Crippen LogP contribution in [0, 0.1) is 5.82 Å². The summed E-state index contributed by atoms with van der Waals surface area (Å²) in [5.74, 6) is -0.963. The number of hydrogen-bond acceptors (Lipinski definition) is 3. The number of rotatable bonds is 6. The Labute approximate surface area is 155 Å². The minimum Gasteiger partial charge on any atom is -0.444 e. The molecule has 0 saturated carbocycles. The summed E-state index contributed by atoms with van der Waals surface area (Å²) in [4.78, 5) is 25.2. The molecule has 0 heterocycles. The molecule has 0 saturated heterocycles. The Bertz CT molecular complexity index is 570. The van der Waals surface area contributed by atoms with Crippen LogP contribution >= 0.6 is 11.6 Å². The molecule has 1 aromatic carbocycles. The van der Waals surface area contributed by atoms with Crippen LogP contribution in [0.3, 0.4) is 0 Å². The molecule has 1 amide bonds. The maximum atomic E-state index is 13.7. The van der Waals surface area contributed by atoms with Crippen molar-refractivity contribution < 1.29 is 18.7 Å². The Morgan fingerprint density at radius 3 is 2.36 bits per heavy atom. The zero-order chi connectivity index (χ0) is 19.6. The van der Waals surface area contributed by atoms with Crippen LogP contribution in [0.2, 0.25) is 5.02 Å². The van der Waals surface area contributed by atoms with E-state index in [1.54, 1.807) is 33.9 Å². The van der Waals surface area contributed by atoms with Gasteiger partial charge in [0.15, 0.2) is 11.6 Å². The maximum absolute atomic E-state index is 13.7. The summed E-state index contributed by atoms with van der Waals surface area (Å²) in [7, 11) is 1.65. The number of amides is 1. The Morgan fingerprint density at radius 2 is 1.80 bits per heavy atom. The number of halogens is 2. The van der Waals surface area contributed by atoms with Gasteiger partial charge < -0.3 is 9.64 Å². The number of ketones is 1. The van der Waals surface area contributed by atoms with E-state index in [2.05, 4.69) is 0 Å². The quantitative estimate of drug-likeness (QED) is 0.472. The van der Waals surface area contributed by atoms with Gasteiger partial charge in [-0.1, -0.05) is 31.5 Å². The molecule has 25 heavy (non-hydrogen) atoms. The summed E-state index contributed by atoms with van der Waals surface area (Å²) in [5, 5.41) is -0.0551. The Hall–Kier alpha value is -1.62. The first kappa shape index (κ1) is 23.4. The second kappa shape index (κ2) is 11.1. The van der Waals surface area contributed by atoms with Crippen LogP contribution in [0.5, 0.6) is 0 Å². The lowest BCUT2D eigenvalue weighted by Gasteiger charge is -2.24. The molecule has 0 unspecified atom stereocenters. The van der Waals surface area contributed by atoms with Crippen LogP contribution in [0.1, 0.15) is 64.2 Å². The van der Waals surface area contributed by atoms with Gasteiger partial charge in [-0.05, 0) is 45.7 Å². The molecule has 0 atom stereocenters. The molecule has 0 fully saturated rings. The standard InChI is InChI=1S/C17H23ClFNO3.C2H6/c1-17(2,3)23-16(22)20(4)11-6-5-10-14(21)12-8-7-9-13(18)15(12)19;1-2/h7-9H,5-6,10-11H2,1-4H3;1-2H3. The lowest BCUT2D eigenvalue weighted by molar-refractivity contribution is 0.0296. The van der Waals surface area contributed by atoms with Crippen molar-refractivity contribution in [2.24, 2.45) is 0 Å². The normalized spacial score (nSPS) is 10.6. The van der Waals surface area contributed by atoms with E-state index in [4.69, 9.17) is 16.3 Å². The summed E-state index contributed by atoms with van der Waals surface area (Å²) in [5.41, 5.74) is -0.524. The number of benzene rings is 1. The number of nitrogens with zero attached hydrogens (tertiary/aromatic N) is 1. The zero-order valence-corrected chi connectivity index (χ0v) is 16.7. The minimum atomic E-state index is -0.676. The fourth-order valence-electron chi connectivity index (χ4n) is 1.92. The van der Waals surface area contributed by atoms with Crippen LogP contribution in [-0.2, 0) is 4.74 Å². The van der Waals surface area contributed by atoms with Gasteiger partial charge in [0, 0.05) is 20.0 Å². The lowest BCUT2D eigenvalue weighted by atomic mass is 10.0. The Balaban J connectivity index is 0.00000277. The van der Waals surface area contributed by atoms with E-state index in [1.165, 1.54) is 17.0 Å². The Kier molecular flexibility index (Phi) is 10.4. The first-order valence-electron chi connectivity index (χ1n) is 8.53. The molecule has 142 valence electrons. The van der Waals surface area contributed by atoms with Gasteiger partial charge >= 0.3 is 6.09 Å². The fourth-order valence-corrected chi connectivity index (χ4v) is 2.09. The molecular weight excluding hydrogens is 345 g/mol. The highest BCUT2D eigenvalue weighted by molar-refractivity contribution is 6.31. The predicted molar refractivity (Wildman–Crippen MR) is 99.8 cm³/mol. The third kappa shape index (κ3) is 8.87. The van der Waals surface area contributed by atoms with Crippen LogP contribution in [-0.4, -0.2) is 36.0 Å². The third-order valence-electron chi connectivity index (χ3n) is 3.10. The van der Waals surface area contributed by atoms with Gasteiger partial charge in [-0.2, -0.15) is 0 Å². The third-order valence-corrected chi connectivity index (χ3v) is 3.40. The molecule has 0 spiro atoms. The van der Waals surface area contributed by atoms with Crippen LogP contribution in [0.4, 0.5) is 9.18 Å². The van der Waals surface area contributed by atoms with Gasteiger partial charge in [-0.3, -0.25) is 4.79 Å². The van der Waals surface area contributed by atoms with Crippen molar-refractivity contribution in [1.82, 2.24) is 4.90 Å². The summed E-state index contributed by atoms with van der Waals surface area (Å²) < 4.78 is 19.0. The molecule has 0 bridgehead atoms. The zero-order valence-electron chi connectivity index (χ0n) is 16.0. The highest BCUT2D eigenvalue weighted by Crippen LogP contribution is 2.20. The van der Waals surface area contributed by atoms with E-state index in [0.29, 0.717) is 19.4 Å². The van der Waals surface area contributed by atoms with E-state index >= 15 is 0 Å². The molecule has 1 rings (SSSR count). The van der Waals surface area contributed by atoms with Crippen molar-refractivity contribution in [3.8, 4) is 0 Å². The summed E-state index contributed by atoms with van der Waals surface area (Å²) in [6.07, 6.45) is 0.991. The largest absolute Gasteiger partial charge is 0.444 e. The van der Waals surface area contributed by atoms with Crippen LogP contribution < -0.4 is 0 Å². The number of Topliss-reactive ketones (excluding diaryl/α,β-unsaturated/α-hetero) is 1. The Morgan fingerprint density at radius 1 is 1.20 bits per heavy atom. The average Bonchev–Trinajstić information content (AvgIpc) is 2.54. The van der Waals surface area contributed by atoms with Gasteiger partial charge in [-0.15, -0.1) is 0 Å². The van der Waals surface area contributed by atoms with Crippen LogP contribution in [0.15, 0.2) is 18.2 Å². The second-order valence-corrected chi connectivity index (χ2v) is 6.79. The second-order valence-electron chi connectivity index (χ2n) is 6.38. The highest BCUT2D eigenvalue weighted by Gasteiger charge is 2.19. The molecule has 0 aliphatic rings. The number of carbonyl (C=O) groups excluding carboxylic acids is 2. The van der Waals surface area contributed by atoms with Crippen molar-refractivity contribution in [2.75, 3.05) is 13.6 Å². The van der Waals surface area contributed by atoms with E-state index in [-0.39, 0.29) is 22.8 Å². The van der Waals surface area contributed by atoms with Crippen LogP contribution in [0.25, 0.3) is 0 Å². The summed E-state index contributed by atoms with van der Waals surface area (Å²) in [6, 6.07) is 4.38. The summed E-state index contributed by atoms with van der Waals surface area (Å²) >= 11 is 5.66. The molecule has 0 aromatic heterocycles. The highest BCUT2D eigenvalue weighted by atomic mass is 35.5. The maximum Gasteiger partial charge on any atom is 0.410 e. The van der Waals surface area contributed by atoms with Gasteiger partial charge in [-0.25, -0.2) is 9.18 Å². The van der Waals surface area contributed by atoms with Crippen molar-refractivity contribution in [2.45, 2.75) is 59.5 Å². The average molecular weight is 374 g/mol. The lowest BCUT2D eigenvalue weighted by Crippen LogP contribution is -2.34. The number of carbonyl (C=O) groups is 2. The first-order chi connectivity index (χ1) is 11.6. The van der Waals surface area contributed by atoms with E-state index in [0.717, 1.165) is 0 Å². The monoisotopic (exact) mass is 373 g/mol. The molecule has 4 nitrogen and oxygen atoms in total. The number of hydrogen-bond donors (Lipinski definition) is 0. The summed E-state index contributed by atoms with van der Waals surface area (Å²) in [6.45, 7) is 9.88. The van der Waals surface area contributed by atoms with Crippen molar-refractivity contribution in [3.63, 3.8) is 0 Å².